The predicted octanol–water partition coefficient (Wildman–Crippen LogP) is 4.99. The van der Waals surface area contributed by atoms with Crippen molar-refractivity contribution in [3.8, 4) is 11.5 Å². The predicted molar refractivity (Wildman–Crippen MR) is 112 cm³/mol. The number of esters is 1. The van der Waals surface area contributed by atoms with Gasteiger partial charge >= 0.3 is 5.97 Å². The first-order chi connectivity index (χ1) is 14.1. The lowest BCUT2D eigenvalue weighted by Gasteiger charge is -2.13. The van der Waals surface area contributed by atoms with Gasteiger partial charge in [0.25, 0.3) is 0 Å². The third kappa shape index (κ3) is 6.21. The first-order valence-electron chi connectivity index (χ1n) is 9.28. The van der Waals surface area contributed by atoms with E-state index in [9.17, 15) is 4.79 Å². The molecule has 0 amide bonds. The molecule has 2 aromatic carbocycles. The molecule has 0 N–H and O–H groups in total. The van der Waals surface area contributed by atoms with Crippen molar-refractivity contribution in [2.24, 2.45) is 0 Å². The Hall–Kier alpha value is -3.60. The lowest BCUT2D eigenvalue weighted by molar-refractivity contribution is -0.142. The van der Waals surface area contributed by atoms with Crippen LogP contribution in [0, 0.1) is 0 Å². The second-order valence-electron chi connectivity index (χ2n) is 6.41. The van der Waals surface area contributed by atoms with Crippen LogP contribution in [-0.4, -0.2) is 18.1 Å². The minimum Gasteiger partial charge on any atom is -0.497 e. The fourth-order valence-corrected chi connectivity index (χ4v) is 2.67. The molecule has 0 saturated carbocycles. The molecule has 0 aliphatic rings. The van der Waals surface area contributed by atoms with Gasteiger partial charge < -0.3 is 14.2 Å². The Kier molecular flexibility index (Phi) is 7.00. The van der Waals surface area contributed by atoms with Crippen LogP contribution in [0.3, 0.4) is 0 Å². The second-order valence-corrected chi connectivity index (χ2v) is 6.41. The molecule has 148 valence electrons. The number of aromatic nitrogens is 1. The smallest absolute Gasteiger partial charge is 0.331 e. The van der Waals surface area contributed by atoms with E-state index in [-0.39, 0.29) is 6.10 Å². The number of hydrogen-bond acceptors (Lipinski definition) is 5. The summed E-state index contributed by atoms with van der Waals surface area (Å²) in [5, 5.41) is 0. The molecule has 29 heavy (non-hydrogen) atoms. The van der Waals surface area contributed by atoms with Gasteiger partial charge in [-0.1, -0.05) is 30.3 Å². The Morgan fingerprint density at radius 1 is 1.07 bits per heavy atom. The number of nitrogens with zero attached hydrogens (tertiary/aromatic N) is 1. The molecule has 0 aliphatic heterocycles. The van der Waals surface area contributed by atoms with Gasteiger partial charge in [0.2, 0.25) is 0 Å². The second kappa shape index (κ2) is 10.1. The van der Waals surface area contributed by atoms with Gasteiger partial charge in [0.15, 0.2) is 0 Å². The van der Waals surface area contributed by atoms with Crippen molar-refractivity contribution in [2.75, 3.05) is 7.11 Å². The summed E-state index contributed by atoms with van der Waals surface area (Å²) in [6.07, 6.45) is 6.27. The molecule has 5 nitrogen and oxygen atoms in total. The number of carbonyl (C=O) groups is 1. The summed E-state index contributed by atoms with van der Waals surface area (Å²) in [5.74, 6) is 1.07. The SMILES string of the molecule is COc1cccc(C(C)OC(=O)/C=C/c2ccc(OCc3cccnc3)cc2)c1. The lowest BCUT2D eigenvalue weighted by Crippen LogP contribution is -2.06. The van der Waals surface area contributed by atoms with E-state index in [4.69, 9.17) is 14.2 Å². The van der Waals surface area contributed by atoms with Crippen molar-refractivity contribution in [1.29, 1.82) is 0 Å². The molecule has 0 radical (unpaired) electrons. The first-order valence-corrected chi connectivity index (χ1v) is 9.28. The van der Waals surface area contributed by atoms with Gasteiger partial charge in [-0.25, -0.2) is 4.79 Å². The summed E-state index contributed by atoms with van der Waals surface area (Å²) in [4.78, 5) is 16.2. The van der Waals surface area contributed by atoms with Gasteiger partial charge in [-0.3, -0.25) is 4.98 Å². The molecular weight excluding hydrogens is 366 g/mol. The van der Waals surface area contributed by atoms with Crippen LogP contribution < -0.4 is 9.47 Å². The van der Waals surface area contributed by atoms with Crippen LogP contribution in [0.1, 0.15) is 29.7 Å². The zero-order valence-electron chi connectivity index (χ0n) is 16.4. The Labute approximate surface area is 170 Å². The van der Waals surface area contributed by atoms with Crippen molar-refractivity contribution in [2.45, 2.75) is 19.6 Å². The summed E-state index contributed by atoms with van der Waals surface area (Å²) >= 11 is 0. The summed E-state index contributed by atoms with van der Waals surface area (Å²) in [6.45, 7) is 2.28. The average molecular weight is 389 g/mol. The zero-order valence-corrected chi connectivity index (χ0v) is 16.4. The number of benzene rings is 2. The summed E-state index contributed by atoms with van der Waals surface area (Å²) < 4.78 is 16.4. The van der Waals surface area contributed by atoms with Crippen LogP contribution in [0.2, 0.25) is 0 Å². The number of methoxy groups -OCH3 is 1. The maximum atomic E-state index is 12.1. The van der Waals surface area contributed by atoms with E-state index in [1.807, 2.05) is 67.6 Å². The highest BCUT2D eigenvalue weighted by atomic mass is 16.5. The number of carbonyl (C=O) groups excluding carboxylic acids is 1. The van der Waals surface area contributed by atoms with E-state index >= 15 is 0 Å². The Bertz CT molecular complexity index is 952. The monoisotopic (exact) mass is 389 g/mol. The van der Waals surface area contributed by atoms with Crippen LogP contribution >= 0.6 is 0 Å². The molecule has 1 heterocycles. The standard InChI is InChI=1S/C24H23NO4/c1-18(21-6-3-7-23(15-21)27-2)29-24(26)13-10-19-8-11-22(12-9-19)28-17-20-5-4-14-25-16-20/h3-16,18H,17H2,1-2H3/b13-10+. The van der Waals surface area contributed by atoms with Crippen molar-refractivity contribution in [3.05, 3.63) is 95.8 Å². The minimum atomic E-state index is -0.405. The molecule has 1 atom stereocenters. The van der Waals surface area contributed by atoms with E-state index in [1.54, 1.807) is 25.6 Å². The molecule has 0 bridgehead atoms. The maximum absolute atomic E-state index is 12.1. The van der Waals surface area contributed by atoms with E-state index < -0.39 is 5.97 Å². The Balaban J connectivity index is 1.51. The molecule has 5 heteroatoms. The lowest BCUT2D eigenvalue weighted by atomic mass is 10.1. The van der Waals surface area contributed by atoms with Crippen LogP contribution in [0.5, 0.6) is 11.5 Å². The van der Waals surface area contributed by atoms with Crippen LogP contribution in [-0.2, 0) is 16.1 Å². The molecule has 3 aromatic rings. The Morgan fingerprint density at radius 3 is 2.62 bits per heavy atom. The largest absolute Gasteiger partial charge is 0.497 e. The topological polar surface area (TPSA) is 57.7 Å². The van der Waals surface area contributed by atoms with E-state index in [0.717, 1.165) is 28.2 Å². The van der Waals surface area contributed by atoms with Crippen molar-refractivity contribution in [3.63, 3.8) is 0 Å². The van der Waals surface area contributed by atoms with E-state index in [0.29, 0.717) is 6.61 Å². The highest BCUT2D eigenvalue weighted by Gasteiger charge is 2.10. The number of ether oxygens (including phenoxy) is 3. The zero-order chi connectivity index (χ0) is 20.5. The van der Waals surface area contributed by atoms with Gasteiger partial charge in [-0.15, -0.1) is 0 Å². The van der Waals surface area contributed by atoms with Gasteiger partial charge in [0.1, 0.15) is 24.2 Å². The number of hydrogen-bond donors (Lipinski definition) is 0. The number of rotatable bonds is 8. The first kappa shape index (κ1) is 20.1. The molecule has 3 rings (SSSR count). The molecule has 0 fully saturated rings. The normalized spacial score (nSPS) is 11.8. The van der Waals surface area contributed by atoms with Crippen LogP contribution in [0.15, 0.2) is 79.1 Å². The molecule has 0 aliphatic carbocycles. The van der Waals surface area contributed by atoms with Crippen LogP contribution in [0.25, 0.3) is 6.08 Å². The minimum absolute atomic E-state index is 0.370. The third-order valence-corrected chi connectivity index (χ3v) is 4.28. The Morgan fingerprint density at radius 2 is 1.90 bits per heavy atom. The van der Waals surface area contributed by atoms with Crippen molar-refractivity contribution in [1.82, 2.24) is 4.98 Å². The number of pyridine rings is 1. The van der Waals surface area contributed by atoms with Gasteiger partial charge in [0, 0.05) is 24.0 Å². The highest BCUT2D eigenvalue weighted by molar-refractivity contribution is 5.87. The van der Waals surface area contributed by atoms with Crippen molar-refractivity contribution >= 4 is 12.0 Å². The average Bonchev–Trinajstić information content (AvgIpc) is 2.77. The quantitative estimate of drug-likeness (QED) is 0.401. The van der Waals surface area contributed by atoms with Gasteiger partial charge in [-0.05, 0) is 54.5 Å². The molecular formula is C24H23NO4. The molecule has 0 saturated heterocycles. The third-order valence-electron chi connectivity index (χ3n) is 4.28. The molecule has 1 unspecified atom stereocenters. The summed E-state index contributed by atoms with van der Waals surface area (Å²) in [5.41, 5.74) is 2.76. The van der Waals surface area contributed by atoms with Crippen LogP contribution in [0.4, 0.5) is 0 Å². The summed E-state index contributed by atoms with van der Waals surface area (Å²) in [7, 11) is 1.60. The van der Waals surface area contributed by atoms with E-state index in [1.165, 1.54) is 6.08 Å². The van der Waals surface area contributed by atoms with E-state index in [2.05, 4.69) is 4.98 Å². The fourth-order valence-electron chi connectivity index (χ4n) is 2.67. The maximum Gasteiger partial charge on any atom is 0.331 e. The molecule has 1 aromatic heterocycles. The van der Waals surface area contributed by atoms with Gasteiger partial charge in [-0.2, -0.15) is 0 Å². The highest BCUT2D eigenvalue weighted by Crippen LogP contribution is 2.22. The molecule has 0 spiro atoms. The van der Waals surface area contributed by atoms with Gasteiger partial charge in [0.05, 0.1) is 7.11 Å². The van der Waals surface area contributed by atoms with Crippen molar-refractivity contribution < 1.29 is 19.0 Å². The fraction of sp³-hybridized carbons (Fsp3) is 0.167. The summed E-state index contributed by atoms with van der Waals surface area (Å²) in [6, 6.07) is 18.8.